The van der Waals surface area contributed by atoms with E-state index in [1.165, 1.54) is 12.0 Å². The van der Waals surface area contributed by atoms with Crippen LogP contribution < -0.4 is 24.8 Å². The number of carbonyl (C=O) groups is 4. The summed E-state index contributed by atoms with van der Waals surface area (Å²) in [6.45, 7) is 6.78. The van der Waals surface area contributed by atoms with Crippen LogP contribution >= 0.6 is 0 Å². The third-order valence-corrected chi connectivity index (χ3v) is 15.2. The van der Waals surface area contributed by atoms with Gasteiger partial charge in [-0.1, -0.05) is 40.5 Å². The van der Waals surface area contributed by atoms with E-state index in [0.29, 0.717) is 53.6 Å². The zero-order chi connectivity index (χ0) is 42.2. The second-order valence-electron chi connectivity index (χ2n) is 18.6. The molecule has 6 aliphatic rings. The summed E-state index contributed by atoms with van der Waals surface area (Å²) in [5, 5.41) is 4.48. The van der Waals surface area contributed by atoms with Crippen LogP contribution in [0.3, 0.4) is 0 Å². The molecule has 2 bridgehead atoms. The normalized spacial score (nSPS) is 33.6. The third kappa shape index (κ3) is 8.13. The van der Waals surface area contributed by atoms with Gasteiger partial charge >= 0.3 is 6.09 Å². The van der Waals surface area contributed by atoms with Gasteiger partial charge < -0.3 is 29.7 Å². The number of aromatic nitrogens is 2. The van der Waals surface area contributed by atoms with Crippen LogP contribution in [-0.2, 0) is 35.6 Å². The molecule has 1 unspecified atom stereocenters. The number of hydrogen-bond donors (Lipinski definition) is 3. The largest absolute Gasteiger partial charge is 0.497 e. The number of ether oxygens (including phenoxy) is 3. The van der Waals surface area contributed by atoms with Gasteiger partial charge in [0, 0.05) is 12.0 Å². The molecule has 322 valence electrons. The van der Waals surface area contributed by atoms with Gasteiger partial charge in [0.05, 0.1) is 35.9 Å². The fourth-order valence-electron chi connectivity index (χ4n) is 9.63. The quantitative estimate of drug-likeness (QED) is 0.361. The van der Waals surface area contributed by atoms with Crippen LogP contribution in [0.2, 0.25) is 0 Å². The lowest BCUT2D eigenvalue weighted by Gasteiger charge is -2.36. The maximum Gasteiger partial charge on any atom is 0.408 e. The van der Waals surface area contributed by atoms with E-state index in [0.717, 1.165) is 38.5 Å². The predicted octanol–water partition coefficient (Wildman–Crippen LogP) is 4.26. The standard InChI is InChI=1S/C41H54F2N6O9S/c1-20-31-19-49(32(20)35(50)47-41(18-26(41)34(42)43)38(52)48-59(54,55)23-12-13-23)37(51)33(40(2,3)4)46-39(53)58-30-16-21-15-25(21)24(30)9-7-6-8-10-28-36(57-31)45-29-17-22(56-5)11-14-27(29)44-28/h11,14,17,20-21,23-26,30-34H,6-10,12-13,15-16,18-19H2,1-5H3,(H,46,53)(H,47,50)(H,48,52)/t20-,21+,24-,25?,26+,30-,31+,32+,33-,41-/m1/s1. The van der Waals surface area contributed by atoms with Crippen molar-refractivity contribution in [2.24, 2.45) is 35.0 Å². The number of halogens is 2. The Labute approximate surface area is 342 Å². The first kappa shape index (κ1) is 41.4. The third-order valence-electron chi connectivity index (χ3n) is 13.4. The number of amides is 4. The molecule has 4 aliphatic carbocycles. The number of methoxy groups -OCH3 is 1. The van der Waals surface area contributed by atoms with E-state index in [1.807, 2.05) is 10.8 Å². The maximum absolute atomic E-state index is 14.9. The Morgan fingerprint density at radius 1 is 1.02 bits per heavy atom. The molecular formula is C41H54F2N6O9S. The predicted molar refractivity (Wildman–Crippen MR) is 209 cm³/mol. The summed E-state index contributed by atoms with van der Waals surface area (Å²) in [4.78, 5) is 67.7. The van der Waals surface area contributed by atoms with Crippen LogP contribution in [-0.4, -0.2) is 102 Å². The Hall–Kier alpha value is -4.35. The highest BCUT2D eigenvalue weighted by molar-refractivity contribution is 7.91. The molecule has 4 saturated carbocycles. The van der Waals surface area contributed by atoms with Crippen molar-refractivity contribution in [1.82, 2.24) is 30.2 Å². The lowest BCUT2D eigenvalue weighted by atomic mass is 9.85. The van der Waals surface area contributed by atoms with Crippen molar-refractivity contribution in [2.75, 3.05) is 13.7 Å². The van der Waals surface area contributed by atoms with E-state index >= 15 is 0 Å². The molecule has 1 aromatic heterocycles. The van der Waals surface area contributed by atoms with Gasteiger partial charge in [-0.3, -0.25) is 19.1 Å². The number of alkyl carbamates (subject to hydrolysis) is 1. The molecule has 8 rings (SSSR count). The molecule has 3 heterocycles. The highest BCUT2D eigenvalue weighted by atomic mass is 32.2. The van der Waals surface area contributed by atoms with Crippen molar-refractivity contribution in [1.29, 1.82) is 0 Å². The molecule has 10 atom stereocenters. The number of aryl methyl sites for hydroxylation is 1. The Bertz CT molecular complexity index is 2130. The highest BCUT2D eigenvalue weighted by Crippen LogP contribution is 2.58. The first-order chi connectivity index (χ1) is 27.9. The summed E-state index contributed by atoms with van der Waals surface area (Å²) in [6, 6.07) is 2.73. The molecule has 15 nitrogen and oxygen atoms in total. The molecule has 2 aromatic rings. The van der Waals surface area contributed by atoms with Crippen LogP contribution in [0.1, 0.15) is 91.2 Å². The number of hydrogen-bond acceptors (Lipinski definition) is 11. The molecular weight excluding hydrogens is 791 g/mol. The van der Waals surface area contributed by atoms with E-state index in [9.17, 15) is 36.4 Å². The van der Waals surface area contributed by atoms with Gasteiger partial charge in [0.1, 0.15) is 41.3 Å². The average molecular weight is 845 g/mol. The maximum atomic E-state index is 14.9. The van der Waals surface area contributed by atoms with Crippen LogP contribution in [0, 0.1) is 35.0 Å². The van der Waals surface area contributed by atoms with Crippen molar-refractivity contribution in [2.45, 2.75) is 133 Å². The smallest absolute Gasteiger partial charge is 0.408 e. The minimum absolute atomic E-state index is 0.180. The van der Waals surface area contributed by atoms with Gasteiger partial charge in [0.15, 0.2) is 0 Å². The number of carbonyl (C=O) groups excluding carboxylic acids is 4. The lowest BCUT2D eigenvalue weighted by molar-refractivity contribution is -0.143. The van der Waals surface area contributed by atoms with E-state index < -0.39 is 92.9 Å². The molecule has 1 saturated heterocycles. The molecule has 3 N–H and O–H groups in total. The van der Waals surface area contributed by atoms with Gasteiger partial charge in [0.2, 0.25) is 34.1 Å². The molecule has 59 heavy (non-hydrogen) atoms. The SMILES string of the molecule is COc1ccc2nc3c(nc2c1)O[C@H]1CN(C(=O)[C@H](C(C)(C)C)NC(=O)O[C@@H]2C[C@@H]4CC4[C@H]2CCCCC3)[C@H](C(=O)N[C@]2(C(=O)NS(=O)(=O)C3CC3)C[C@H]2C(F)F)[C@@H]1C. The topological polar surface area (TPSA) is 195 Å². The van der Waals surface area contributed by atoms with Gasteiger partial charge in [-0.05, 0) is 86.7 Å². The Morgan fingerprint density at radius 2 is 1.78 bits per heavy atom. The monoisotopic (exact) mass is 844 g/mol. The number of fused-ring (bicyclic) bond motifs is 7. The minimum atomic E-state index is -4.14. The molecule has 1 aromatic carbocycles. The second kappa shape index (κ2) is 15.3. The van der Waals surface area contributed by atoms with Crippen molar-refractivity contribution in [3.63, 3.8) is 0 Å². The summed E-state index contributed by atoms with van der Waals surface area (Å²) in [5.41, 5.74) is -1.41. The van der Waals surface area contributed by atoms with Gasteiger partial charge in [-0.2, -0.15) is 0 Å². The zero-order valence-electron chi connectivity index (χ0n) is 34.0. The summed E-state index contributed by atoms with van der Waals surface area (Å²) >= 11 is 0. The fourth-order valence-corrected chi connectivity index (χ4v) is 11.0. The second-order valence-corrected chi connectivity index (χ2v) is 20.6. The first-order valence-corrected chi connectivity index (χ1v) is 22.4. The van der Waals surface area contributed by atoms with Crippen LogP contribution in [0.5, 0.6) is 11.6 Å². The number of rotatable bonds is 7. The highest BCUT2D eigenvalue weighted by Gasteiger charge is 2.67. The number of benzene rings is 1. The summed E-state index contributed by atoms with van der Waals surface area (Å²) in [6.07, 6.45) is 1.07. The lowest BCUT2D eigenvalue weighted by Crippen LogP contribution is -2.61. The molecule has 5 fully saturated rings. The molecule has 4 amide bonds. The number of alkyl halides is 2. The van der Waals surface area contributed by atoms with E-state index in [-0.39, 0.29) is 24.4 Å². The molecule has 2 aliphatic heterocycles. The van der Waals surface area contributed by atoms with E-state index in [2.05, 4.69) is 10.6 Å². The van der Waals surface area contributed by atoms with Crippen LogP contribution in [0.25, 0.3) is 11.0 Å². The van der Waals surface area contributed by atoms with Crippen molar-refractivity contribution in [3.05, 3.63) is 23.9 Å². The fraction of sp³-hybridized carbons (Fsp3) is 0.707. The summed E-state index contributed by atoms with van der Waals surface area (Å²) < 4.78 is 74.2. The van der Waals surface area contributed by atoms with Gasteiger partial charge in [-0.25, -0.2) is 32.0 Å². The number of sulfonamides is 1. The van der Waals surface area contributed by atoms with Crippen molar-refractivity contribution >= 4 is 44.9 Å². The summed E-state index contributed by atoms with van der Waals surface area (Å²) in [5.74, 6) is -3.33. The Kier molecular flexibility index (Phi) is 10.7. The van der Waals surface area contributed by atoms with Gasteiger partial charge in [-0.15, -0.1) is 0 Å². The van der Waals surface area contributed by atoms with E-state index in [1.54, 1.807) is 39.8 Å². The first-order valence-electron chi connectivity index (χ1n) is 20.9. The molecule has 18 heteroatoms. The van der Waals surface area contributed by atoms with Crippen LogP contribution in [0.15, 0.2) is 18.2 Å². The molecule has 0 spiro atoms. The zero-order valence-corrected chi connectivity index (χ0v) is 34.9. The van der Waals surface area contributed by atoms with Crippen LogP contribution in [0.4, 0.5) is 13.6 Å². The van der Waals surface area contributed by atoms with Crippen molar-refractivity contribution < 1.29 is 50.6 Å². The number of nitrogens with zero attached hydrogens (tertiary/aromatic N) is 3. The Balaban J connectivity index is 1.15. The minimum Gasteiger partial charge on any atom is -0.497 e. The molecule has 0 radical (unpaired) electrons. The average Bonchev–Trinajstić information content (AvgIpc) is 4.09. The van der Waals surface area contributed by atoms with Crippen molar-refractivity contribution in [3.8, 4) is 11.6 Å². The van der Waals surface area contributed by atoms with E-state index in [4.69, 9.17) is 24.2 Å². The number of nitrogens with one attached hydrogen (secondary N) is 3. The Morgan fingerprint density at radius 3 is 2.46 bits per heavy atom. The summed E-state index contributed by atoms with van der Waals surface area (Å²) in [7, 11) is -2.60. The van der Waals surface area contributed by atoms with Gasteiger partial charge in [0.25, 0.3) is 5.91 Å².